The van der Waals surface area contributed by atoms with Crippen LogP contribution in [0.15, 0.2) is 34.9 Å². The van der Waals surface area contributed by atoms with Gasteiger partial charge in [-0.2, -0.15) is 0 Å². The minimum Gasteiger partial charge on any atom is -0.497 e. The summed E-state index contributed by atoms with van der Waals surface area (Å²) in [4.78, 5) is 14.1. The summed E-state index contributed by atoms with van der Waals surface area (Å²) in [5, 5.41) is 6.58. The van der Waals surface area contributed by atoms with Crippen LogP contribution < -0.4 is 10.1 Å². The molecule has 0 aliphatic carbocycles. The van der Waals surface area contributed by atoms with Gasteiger partial charge in [0, 0.05) is 19.2 Å². The number of amides is 2. The molecule has 1 aliphatic rings. The average Bonchev–Trinajstić information content (AvgIpc) is 3.05. The first-order chi connectivity index (χ1) is 12.1. The number of nitrogens with one attached hydrogen (secondary N) is 1. The zero-order valence-electron chi connectivity index (χ0n) is 14.8. The van der Waals surface area contributed by atoms with Gasteiger partial charge in [-0.3, -0.25) is 5.32 Å². The summed E-state index contributed by atoms with van der Waals surface area (Å²) in [6.07, 6.45) is 4.31. The Kier molecular flexibility index (Phi) is 5.58. The summed E-state index contributed by atoms with van der Waals surface area (Å²) in [5.41, 5.74) is 1.34. The van der Waals surface area contributed by atoms with Crippen molar-refractivity contribution in [3.63, 3.8) is 0 Å². The molecule has 1 fully saturated rings. The van der Waals surface area contributed by atoms with E-state index in [1.807, 2.05) is 17.0 Å². The van der Waals surface area contributed by atoms with Gasteiger partial charge in [0.1, 0.15) is 11.5 Å². The maximum atomic E-state index is 12.2. The summed E-state index contributed by atoms with van der Waals surface area (Å²) < 4.78 is 10.2. The number of hydrogen-bond acceptors (Lipinski definition) is 4. The van der Waals surface area contributed by atoms with Crippen LogP contribution in [0.5, 0.6) is 5.75 Å². The molecule has 2 aromatic rings. The highest BCUT2D eigenvalue weighted by Gasteiger charge is 2.23. The SMILES string of the molecule is COc1ccc(CCC2CCN(C(=O)Nc3cc(C)on3)CC2)cc1. The predicted octanol–water partition coefficient (Wildman–Crippen LogP) is 3.87. The Hall–Kier alpha value is -2.50. The fraction of sp³-hybridized carbons (Fsp3) is 0.474. The van der Waals surface area contributed by atoms with E-state index in [2.05, 4.69) is 22.6 Å². The predicted molar refractivity (Wildman–Crippen MR) is 95.9 cm³/mol. The van der Waals surface area contributed by atoms with Crippen LogP contribution in [0, 0.1) is 12.8 Å². The first-order valence-electron chi connectivity index (χ1n) is 8.76. The molecule has 0 radical (unpaired) electrons. The lowest BCUT2D eigenvalue weighted by Gasteiger charge is -2.31. The molecule has 2 amide bonds. The van der Waals surface area contributed by atoms with Crippen LogP contribution >= 0.6 is 0 Å². The maximum absolute atomic E-state index is 12.2. The van der Waals surface area contributed by atoms with Gasteiger partial charge in [0.05, 0.1) is 7.11 Å². The van der Waals surface area contributed by atoms with Crippen LogP contribution in [0.4, 0.5) is 10.6 Å². The molecule has 1 aliphatic heterocycles. The van der Waals surface area contributed by atoms with E-state index in [9.17, 15) is 4.79 Å². The number of aromatic nitrogens is 1. The van der Waals surface area contributed by atoms with E-state index in [-0.39, 0.29) is 6.03 Å². The third-order valence-electron chi connectivity index (χ3n) is 4.77. The lowest BCUT2D eigenvalue weighted by atomic mass is 9.90. The van der Waals surface area contributed by atoms with Crippen molar-refractivity contribution in [2.75, 3.05) is 25.5 Å². The van der Waals surface area contributed by atoms with E-state index in [0.717, 1.165) is 44.5 Å². The van der Waals surface area contributed by atoms with E-state index in [0.29, 0.717) is 17.5 Å². The molecule has 6 heteroatoms. The van der Waals surface area contributed by atoms with Gasteiger partial charge in [-0.15, -0.1) is 0 Å². The van der Waals surface area contributed by atoms with E-state index in [4.69, 9.17) is 9.26 Å². The Morgan fingerprint density at radius 3 is 2.64 bits per heavy atom. The Morgan fingerprint density at radius 2 is 2.04 bits per heavy atom. The van der Waals surface area contributed by atoms with Crippen LogP contribution in [0.25, 0.3) is 0 Å². The van der Waals surface area contributed by atoms with Crippen molar-refractivity contribution in [3.8, 4) is 5.75 Å². The number of rotatable bonds is 5. The molecule has 0 bridgehead atoms. The lowest BCUT2D eigenvalue weighted by molar-refractivity contribution is 0.180. The Bertz CT molecular complexity index is 688. The zero-order valence-corrected chi connectivity index (χ0v) is 14.8. The minimum atomic E-state index is -0.0955. The molecular weight excluding hydrogens is 318 g/mol. The van der Waals surface area contributed by atoms with Crippen molar-refractivity contribution in [2.45, 2.75) is 32.6 Å². The number of ether oxygens (including phenoxy) is 1. The number of likely N-dealkylation sites (tertiary alicyclic amines) is 1. The molecule has 0 unspecified atom stereocenters. The molecule has 0 saturated carbocycles. The van der Waals surface area contributed by atoms with Gasteiger partial charge in [0.15, 0.2) is 5.82 Å². The molecule has 1 saturated heterocycles. The van der Waals surface area contributed by atoms with Crippen molar-refractivity contribution in [2.24, 2.45) is 5.92 Å². The molecule has 2 heterocycles. The largest absolute Gasteiger partial charge is 0.497 e. The van der Waals surface area contributed by atoms with Crippen LogP contribution in [0.3, 0.4) is 0 Å². The number of carbonyl (C=O) groups excluding carboxylic acids is 1. The van der Waals surface area contributed by atoms with Gasteiger partial charge in [0.25, 0.3) is 0 Å². The number of benzene rings is 1. The van der Waals surface area contributed by atoms with Crippen molar-refractivity contribution < 1.29 is 14.1 Å². The van der Waals surface area contributed by atoms with Crippen molar-refractivity contribution in [1.82, 2.24) is 10.1 Å². The van der Waals surface area contributed by atoms with E-state index >= 15 is 0 Å². The quantitative estimate of drug-likeness (QED) is 0.895. The Labute approximate surface area is 148 Å². The number of aryl methyl sites for hydroxylation is 2. The maximum Gasteiger partial charge on any atom is 0.323 e. The number of piperidine rings is 1. The van der Waals surface area contributed by atoms with Crippen LogP contribution in [-0.2, 0) is 6.42 Å². The second-order valence-corrected chi connectivity index (χ2v) is 6.57. The fourth-order valence-corrected chi connectivity index (χ4v) is 3.20. The average molecular weight is 343 g/mol. The van der Waals surface area contributed by atoms with Gasteiger partial charge in [-0.05, 0) is 56.2 Å². The number of hydrogen-bond donors (Lipinski definition) is 1. The standard InChI is InChI=1S/C19H25N3O3/c1-14-13-18(21-25-14)20-19(23)22-11-9-16(10-12-22)4-3-15-5-7-17(24-2)8-6-15/h5-8,13,16H,3-4,9-12H2,1-2H3,(H,20,21,23). The highest BCUT2D eigenvalue weighted by atomic mass is 16.5. The Morgan fingerprint density at radius 1 is 1.32 bits per heavy atom. The van der Waals surface area contributed by atoms with Gasteiger partial charge < -0.3 is 14.2 Å². The van der Waals surface area contributed by atoms with Crippen LogP contribution in [0.1, 0.15) is 30.6 Å². The van der Waals surface area contributed by atoms with Gasteiger partial charge >= 0.3 is 6.03 Å². The molecule has 6 nitrogen and oxygen atoms in total. The molecule has 1 aromatic heterocycles. The topological polar surface area (TPSA) is 67.6 Å². The normalized spacial score (nSPS) is 15.2. The number of anilines is 1. The van der Waals surface area contributed by atoms with Crippen molar-refractivity contribution >= 4 is 11.8 Å². The van der Waals surface area contributed by atoms with Gasteiger partial charge in [-0.25, -0.2) is 4.79 Å². The molecule has 0 atom stereocenters. The molecule has 25 heavy (non-hydrogen) atoms. The molecule has 1 N–H and O–H groups in total. The first kappa shape index (κ1) is 17.3. The lowest BCUT2D eigenvalue weighted by Crippen LogP contribution is -2.41. The highest BCUT2D eigenvalue weighted by molar-refractivity contribution is 5.88. The van der Waals surface area contributed by atoms with Crippen LogP contribution in [-0.4, -0.2) is 36.3 Å². The number of urea groups is 1. The second kappa shape index (κ2) is 8.05. The highest BCUT2D eigenvalue weighted by Crippen LogP contribution is 2.23. The van der Waals surface area contributed by atoms with Gasteiger partial charge in [0.2, 0.25) is 0 Å². The second-order valence-electron chi connectivity index (χ2n) is 6.57. The number of carbonyl (C=O) groups is 1. The van der Waals surface area contributed by atoms with E-state index in [1.54, 1.807) is 20.1 Å². The molecular formula is C19H25N3O3. The first-order valence-corrected chi connectivity index (χ1v) is 8.76. The summed E-state index contributed by atoms with van der Waals surface area (Å²) in [6.45, 7) is 3.38. The van der Waals surface area contributed by atoms with Gasteiger partial charge in [-0.1, -0.05) is 17.3 Å². The monoisotopic (exact) mass is 343 g/mol. The molecule has 0 spiro atoms. The third kappa shape index (κ3) is 4.75. The minimum absolute atomic E-state index is 0.0955. The molecule has 3 rings (SSSR count). The molecule has 134 valence electrons. The third-order valence-corrected chi connectivity index (χ3v) is 4.77. The summed E-state index contributed by atoms with van der Waals surface area (Å²) in [6, 6.07) is 9.89. The number of nitrogens with zero attached hydrogens (tertiary/aromatic N) is 2. The summed E-state index contributed by atoms with van der Waals surface area (Å²) >= 11 is 0. The van der Waals surface area contributed by atoms with Crippen LogP contribution in [0.2, 0.25) is 0 Å². The smallest absolute Gasteiger partial charge is 0.323 e. The molecule has 1 aromatic carbocycles. The van der Waals surface area contributed by atoms with E-state index in [1.165, 1.54) is 5.56 Å². The summed E-state index contributed by atoms with van der Waals surface area (Å²) in [5.74, 6) is 2.72. The van der Waals surface area contributed by atoms with E-state index < -0.39 is 0 Å². The number of methoxy groups -OCH3 is 1. The Balaban J connectivity index is 1.41. The van der Waals surface area contributed by atoms with Crippen molar-refractivity contribution in [1.29, 1.82) is 0 Å². The van der Waals surface area contributed by atoms with Crippen molar-refractivity contribution in [3.05, 3.63) is 41.7 Å². The summed E-state index contributed by atoms with van der Waals surface area (Å²) in [7, 11) is 1.68. The fourth-order valence-electron chi connectivity index (χ4n) is 3.20. The zero-order chi connectivity index (χ0) is 17.6.